The summed E-state index contributed by atoms with van der Waals surface area (Å²) in [6.45, 7) is 6.09. The Kier molecular flexibility index (Phi) is 4.71. The fourth-order valence-electron chi connectivity index (χ4n) is 1.02. The van der Waals surface area contributed by atoms with Crippen LogP contribution in [-0.4, -0.2) is 12.4 Å². The van der Waals surface area contributed by atoms with Gasteiger partial charge in [0, 0.05) is 23.8 Å². The third kappa shape index (κ3) is 4.18. The summed E-state index contributed by atoms with van der Waals surface area (Å²) in [5, 5.41) is 3.37. The Morgan fingerprint density at radius 3 is 2.64 bits per heavy atom. The van der Waals surface area contributed by atoms with E-state index in [1.165, 1.54) is 4.88 Å². The molecule has 0 spiro atoms. The standard InChI is InChI=1S/C10H15Cl2NS/c1-10(2,6-11)7-13-5-8-3-4-9(12)14-8/h3-4,13H,5-7H2,1-2H3. The van der Waals surface area contributed by atoms with Crippen LogP contribution in [0.25, 0.3) is 0 Å². The van der Waals surface area contributed by atoms with Gasteiger partial charge in [-0.3, -0.25) is 0 Å². The van der Waals surface area contributed by atoms with Crippen molar-refractivity contribution in [1.82, 2.24) is 5.32 Å². The largest absolute Gasteiger partial charge is 0.311 e. The van der Waals surface area contributed by atoms with Gasteiger partial charge in [0.15, 0.2) is 0 Å². The minimum Gasteiger partial charge on any atom is -0.311 e. The lowest BCUT2D eigenvalue weighted by molar-refractivity contribution is 0.386. The molecule has 0 saturated heterocycles. The fraction of sp³-hybridized carbons (Fsp3) is 0.600. The number of thiophene rings is 1. The van der Waals surface area contributed by atoms with Crippen molar-refractivity contribution in [2.24, 2.45) is 5.41 Å². The Bertz CT molecular complexity index is 283. The van der Waals surface area contributed by atoms with Gasteiger partial charge in [0.25, 0.3) is 0 Å². The van der Waals surface area contributed by atoms with Crippen LogP contribution >= 0.6 is 34.5 Å². The maximum Gasteiger partial charge on any atom is 0.0931 e. The highest BCUT2D eigenvalue weighted by Gasteiger charge is 2.15. The van der Waals surface area contributed by atoms with Gasteiger partial charge in [0.2, 0.25) is 0 Å². The van der Waals surface area contributed by atoms with Crippen LogP contribution in [-0.2, 0) is 6.54 Å². The molecule has 0 radical (unpaired) electrons. The van der Waals surface area contributed by atoms with Gasteiger partial charge in [0.1, 0.15) is 0 Å². The first-order valence-electron chi connectivity index (χ1n) is 4.54. The third-order valence-electron chi connectivity index (χ3n) is 1.89. The van der Waals surface area contributed by atoms with Crippen molar-refractivity contribution in [2.75, 3.05) is 12.4 Å². The minimum atomic E-state index is 0.155. The topological polar surface area (TPSA) is 12.0 Å². The normalized spacial score (nSPS) is 12.0. The van der Waals surface area contributed by atoms with Crippen LogP contribution in [0.1, 0.15) is 18.7 Å². The molecule has 1 N–H and O–H groups in total. The highest BCUT2D eigenvalue weighted by atomic mass is 35.5. The van der Waals surface area contributed by atoms with Crippen molar-refractivity contribution in [3.63, 3.8) is 0 Å². The molecule has 1 rings (SSSR count). The van der Waals surface area contributed by atoms with Gasteiger partial charge in [0.05, 0.1) is 4.34 Å². The predicted octanol–water partition coefficient (Wildman–Crippen LogP) is 3.76. The molecule has 1 nitrogen and oxygen atoms in total. The lowest BCUT2D eigenvalue weighted by Crippen LogP contribution is -2.30. The first kappa shape index (κ1) is 12.3. The SMILES string of the molecule is CC(C)(CCl)CNCc1ccc(Cl)s1. The molecule has 0 amide bonds. The van der Waals surface area contributed by atoms with E-state index in [2.05, 4.69) is 19.2 Å². The van der Waals surface area contributed by atoms with E-state index in [1.54, 1.807) is 11.3 Å². The predicted molar refractivity (Wildman–Crippen MR) is 65.5 cm³/mol. The smallest absolute Gasteiger partial charge is 0.0931 e. The lowest BCUT2D eigenvalue weighted by atomic mass is 9.97. The van der Waals surface area contributed by atoms with Gasteiger partial charge >= 0.3 is 0 Å². The van der Waals surface area contributed by atoms with Crippen molar-refractivity contribution in [2.45, 2.75) is 20.4 Å². The second-order valence-electron chi connectivity index (χ2n) is 4.11. The lowest BCUT2D eigenvalue weighted by Gasteiger charge is -2.21. The molecular formula is C10H15Cl2NS. The summed E-state index contributed by atoms with van der Waals surface area (Å²) in [7, 11) is 0. The summed E-state index contributed by atoms with van der Waals surface area (Å²) in [6.07, 6.45) is 0. The van der Waals surface area contributed by atoms with E-state index >= 15 is 0 Å². The number of alkyl halides is 1. The second kappa shape index (κ2) is 5.36. The first-order valence-corrected chi connectivity index (χ1v) is 6.27. The summed E-state index contributed by atoms with van der Waals surface area (Å²) in [5.74, 6) is 0.672. The van der Waals surface area contributed by atoms with E-state index in [9.17, 15) is 0 Å². The zero-order valence-electron chi connectivity index (χ0n) is 8.44. The Balaban J connectivity index is 2.28. The Hall–Kier alpha value is 0.240. The highest BCUT2D eigenvalue weighted by Crippen LogP contribution is 2.21. The number of nitrogens with one attached hydrogen (secondary N) is 1. The van der Waals surface area contributed by atoms with Crippen LogP contribution in [0.15, 0.2) is 12.1 Å². The molecule has 1 aromatic heterocycles. The van der Waals surface area contributed by atoms with Crippen LogP contribution in [0.3, 0.4) is 0 Å². The molecule has 0 aromatic carbocycles. The molecule has 0 unspecified atom stereocenters. The zero-order valence-corrected chi connectivity index (χ0v) is 10.8. The van der Waals surface area contributed by atoms with Gasteiger partial charge < -0.3 is 5.32 Å². The molecule has 1 heterocycles. The molecule has 0 aliphatic rings. The van der Waals surface area contributed by atoms with Gasteiger partial charge in [-0.05, 0) is 17.5 Å². The van der Waals surface area contributed by atoms with Crippen LogP contribution in [0.4, 0.5) is 0 Å². The van der Waals surface area contributed by atoms with Crippen molar-refractivity contribution in [1.29, 1.82) is 0 Å². The van der Waals surface area contributed by atoms with Crippen molar-refractivity contribution in [3.05, 3.63) is 21.3 Å². The van der Waals surface area contributed by atoms with E-state index in [-0.39, 0.29) is 5.41 Å². The molecule has 14 heavy (non-hydrogen) atoms. The van der Waals surface area contributed by atoms with Gasteiger partial charge in [-0.15, -0.1) is 22.9 Å². The van der Waals surface area contributed by atoms with E-state index in [0.29, 0.717) is 5.88 Å². The minimum absolute atomic E-state index is 0.155. The van der Waals surface area contributed by atoms with Crippen molar-refractivity contribution >= 4 is 34.5 Å². The number of rotatable bonds is 5. The highest BCUT2D eigenvalue weighted by molar-refractivity contribution is 7.16. The van der Waals surface area contributed by atoms with Crippen molar-refractivity contribution < 1.29 is 0 Å². The summed E-state index contributed by atoms with van der Waals surface area (Å²) < 4.78 is 0.846. The molecule has 80 valence electrons. The molecular weight excluding hydrogens is 237 g/mol. The summed E-state index contributed by atoms with van der Waals surface area (Å²) in [4.78, 5) is 1.26. The summed E-state index contributed by atoms with van der Waals surface area (Å²) >= 11 is 13.3. The molecule has 0 atom stereocenters. The summed E-state index contributed by atoms with van der Waals surface area (Å²) in [5.41, 5.74) is 0.155. The molecule has 1 aromatic rings. The molecule has 0 bridgehead atoms. The van der Waals surface area contributed by atoms with Gasteiger partial charge in [-0.1, -0.05) is 25.4 Å². The molecule has 0 saturated carbocycles. The second-order valence-corrected chi connectivity index (χ2v) is 6.17. The Morgan fingerprint density at radius 1 is 1.43 bits per heavy atom. The molecule has 4 heteroatoms. The number of halogens is 2. The molecule has 0 fully saturated rings. The monoisotopic (exact) mass is 251 g/mol. The first-order chi connectivity index (χ1) is 6.53. The van der Waals surface area contributed by atoms with Crippen LogP contribution < -0.4 is 5.32 Å². The van der Waals surface area contributed by atoms with Gasteiger partial charge in [-0.25, -0.2) is 0 Å². The zero-order chi connectivity index (χ0) is 10.6. The van der Waals surface area contributed by atoms with Gasteiger partial charge in [-0.2, -0.15) is 0 Å². The van der Waals surface area contributed by atoms with Crippen LogP contribution in [0, 0.1) is 5.41 Å². The van der Waals surface area contributed by atoms with E-state index in [1.807, 2.05) is 12.1 Å². The Morgan fingerprint density at radius 2 is 2.14 bits per heavy atom. The quantitative estimate of drug-likeness (QED) is 0.787. The average Bonchev–Trinajstić information content (AvgIpc) is 2.51. The number of hydrogen-bond donors (Lipinski definition) is 1. The molecule has 0 aliphatic carbocycles. The maximum absolute atomic E-state index is 5.83. The van der Waals surface area contributed by atoms with E-state index < -0.39 is 0 Å². The van der Waals surface area contributed by atoms with E-state index in [0.717, 1.165) is 17.4 Å². The fourth-order valence-corrected chi connectivity index (χ4v) is 2.17. The van der Waals surface area contributed by atoms with Crippen molar-refractivity contribution in [3.8, 4) is 0 Å². The molecule has 0 aliphatic heterocycles. The summed E-state index contributed by atoms with van der Waals surface area (Å²) in [6, 6.07) is 3.98. The number of hydrogen-bond acceptors (Lipinski definition) is 2. The average molecular weight is 252 g/mol. The Labute approximate surface area is 99.4 Å². The third-order valence-corrected chi connectivity index (χ3v) is 3.85. The van der Waals surface area contributed by atoms with E-state index in [4.69, 9.17) is 23.2 Å². The maximum atomic E-state index is 5.83. The van der Waals surface area contributed by atoms with Crippen LogP contribution in [0.2, 0.25) is 4.34 Å². The van der Waals surface area contributed by atoms with Crippen LogP contribution in [0.5, 0.6) is 0 Å².